The lowest BCUT2D eigenvalue weighted by Crippen LogP contribution is -2.49. The van der Waals surface area contributed by atoms with E-state index in [2.05, 4.69) is 27.8 Å². The maximum absolute atomic E-state index is 14.5. The minimum atomic E-state index is -0.359. The third-order valence-electron chi connectivity index (χ3n) is 6.75. The Morgan fingerprint density at radius 1 is 1.24 bits per heavy atom. The number of hydrogen-bond acceptors (Lipinski definition) is 4. The molecular formula is C25H27ClFN5O. The van der Waals surface area contributed by atoms with Crippen molar-refractivity contribution in [3.8, 4) is 0 Å². The van der Waals surface area contributed by atoms with Crippen LogP contribution in [-0.2, 0) is 4.79 Å². The van der Waals surface area contributed by atoms with Gasteiger partial charge in [0.15, 0.2) is 0 Å². The SMILES string of the molecule is C[C@H](c1ccc(Cl)cc1F)n1nnc2ccc(C3=CCN(C(=O)C4CCCCN4)CC3)cc21. The average molecular weight is 468 g/mol. The summed E-state index contributed by atoms with van der Waals surface area (Å²) >= 11 is 5.91. The van der Waals surface area contributed by atoms with Crippen LogP contribution in [0.25, 0.3) is 16.6 Å². The van der Waals surface area contributed by atoms with Crippen molar-refractivity contribution in [3.05, 3.63) is 64.4 Å². The largest absolute Gasteiger partial charge is 0.337 e. The molecule has 0 aliphatic carbocycles. The van der Waals surface area contributed by atoms with Gasteiger partial charge in [0.05, 0.1) is 17.6 Å². The molecule has 1 amide bonds. The average Bonchev–Trinajstić information content (AvgIpc) is 3.27. The predicted octanol–water partition coefficient (Wildman–Crippen LogP) is 4.59. The van der Waals surface area contributed by atoms with Gasteiger partial charge in [0.25, 0.3) is 0 Å². The molecule has 0 radical (unpaired) electrons. The minimum absolute atomic E-state index is 0.0415. The number of nitrogens with zero attached hydrogens (tertiary/aromatic N) is 4. The monoisotopic (exact) mass is 467 g/mol. The fourth-order valence-electron chi connectivity index (χ4n) is 4.81. The van der Waals surface area contributed by atoms with Crippen molar-refractivity contribution in [1.82, 2.24) is 25.2 Å². The Morgan fingerprint density at radius 2 is 2.12 bits per heavy atom. The number of nitrogens with one attached hydrogen (secondary N) is 1. The lowest BCUT2D eigenvalue weighted by molar-refractivity contribution is -0.133. The molecule has 33 heavy (non-hydrogen) atoms. The van der Waals surface area contributed by atoms with Crippen LogP contribution in [-0.4, -0.2) is 51.5 Å². The number of piperidine rings is 1. The van der Waals surface area contributed by atoms with E-state index in [1.807, 2.05) is 24.0 Å². The molecule has 2 aliphatic rings. The molecule has 0 bridgehead atoms. The second-order valence-electron chi connectivity index (χ2n) is 8.85. The van der Waals surface area contributed by atoms with Gasteiger partial charge in [0, 0.05) is 23.7 Å². The third-order valence-corrected chi connectivity index (χ3v) is 6.99. The van der Waals surface area contributed by atoms with Crippen molar-refractivity contribution in [1.29, 1.82) is 0 Å². The van der Waals surface area contributed by atoms with Crippen LogP contribution in [0.5, 0.6) is 0 Å². The summed E-state index contributed by atoms with van der Waals surface area (Å²) in [4.78, 5) is 14.8. The first-order valence-electron chi connectivity index (χ1n) is 11.5. The molecule has 0 saturated carbocycles. The smallest absolute Gasteiger partial charge is 0.239 e. The number of halogens is 2. The van der Waals surface area contributed by atoms with Gasteiger partial charge in [-0.3, -0.25) is 4.79 Å². The van der Waals surface area contributed by atoms with Crippen molar-refractivity contribution in [2.75, 3.05) is 19.6 Å². The lowest BCUT2D eigenvalue weighted by Gasteiger charge is -2.32. The standard InChI is InChI=1S/C25H27ClFN5O/c1-16(20-7-6-19(26)15-21(20)27)32-24-14-18(5-8-22(24)29-30-32)17-9-12-31(13-10-17)25(33)23-4-2-3-11-28-23/h5-9,14-16,23,28H,2-4,10-13H2,1H3/t16-,23?/m1/s1. The second kappa shape index (κ2) is 9.23. The summed E-state index contributed by atoms with van der Waals surface area (Å²) in [5.74, 6) is -0.149. The van der Waals surface area contributed by atoms with E-state index in [-0.39, 0.29) is 23.8 Å². The van der Waals surface area contributed by atoms with Crippen LogP contribution < -0.4 is 5.32 Å². The van der Waals surface area contributed by atoms with E-state index in [0.717, 1.165) is 48.8 Å². The molecule has 8 heteroatoms. The van der Waals surface area contributed by atoms with Crippen LogP contribution in [0.15, 0.2) is 42.5 Å². The quantitative estimate of drug-likeness (QED) is 0.609. The zero-order valence-corrected chi connectivity index (χ0v) is 19.4. The van der Waals surface area contributed by atoms with Crippen LogP contribution in [0, 0.1) is 5.82 Å². The fourth-order valence-corrected chi connectivity index (χ4v) is 4.97. The van der Waals surface area contributed by atoms with Gasteiger partial charge in [-0.05, 0) is 68.1 Å². The number of fused-ring (bicyclic) bond motifs is 1. The molecule has 172 valence electrons. The highest BCUT2D eigenvalue weighted by Gasteiger charge is 2.27. The highest BCUT2D eigenvalue weighted by Crippen LogP contribution is 2.29. The zero-order chi connectivity index (χ0) is 22.9. The molecule has 1 unspecified atom stereocenters. The van der Waals surface area contributed by atoms with Crippen molar-refractivity contribution >= 4 is 34.1 Å². The van der Waals surface area contributed by atoms with Gasteiger partial charge in [0.2, 0.25) is 5.91 Å². The number of amides is 1. The molecule has 0 spiro atoms. The Kier molecular flexibility index (Phi) is 6.17. The number of carbonyl (C=O) groups excluding carboxylic acids is 1. The first kappa shape index (κ1) is 22.0. The normalized spacial score (nSPS) is 20.0. The Labute approximate surface area is 197 Å². The topological polar surface area (TPSA) is 63.1 Å². The van der Waals surface area contributed by atoms with Gasteiger partial charge in [-0.25, -0.2) is 9.07 Å². The number of aromatic nitrogens is 3. The Bertz CT molecular complexity index is 1220. The molecule has 1 saturated heterocycles. The molecule has 5 rings (SSSR count). The highest BCUT2D eigenvalue weighted by molar-refractivity contribution is 6.30. The number of hydrogen-bond donors (Lipinski definition) is 1. The van der Waals surface area contributed by atoms with Crippen LogP contribution in [0.3, 0.4) is 0 Å². The maximum Gasteiger partial charge on any atom is 0.239 e. The van der Waals surface area contributed by atoms with E-state index in [4.69, 9.17) is 11.6 Å². The highest BCUT2D eigenvalue weighted by atomic mass is 35.5. The van der Waals surface area contributed by atoms with E-state index in [1.54, 1.807) is 16.8 Å². The molecule has 1 N–H and O–H groups in total. The first-order valence-corrected chi connectivity index (χ1v) is 11.9. The summed E-state index contributed by atoms with van der Waals surface area (Å²) in [5, 5.41) is 12.3. The summed E-state index contributed by atoms with van der Waals surface area (Å²) in [6.45, 7) is 4.15. The van der Waals surface area contributed by atoms with Crippen LogP contribution in [0.1, 0.15) is 49.8 Å². The van der Waals surface area contributed by atoms with Gasteiger partial charge in [-0.2, -0.15) is 0 Å². The first-order chi connectivity index (χ1) is 16.0. The molecule has 3 heterocycles. The molecule has 2 aromatic carbocycles. The Hall–Kier alpha value is -2.77. The van der Waals surface area contributed by atoms with Crippen molar-refractivity contribution in [2.24, 2.45) is 0 Å². The summed E-state index contributed by atoms with van der Waals surface area (Å²) in [7, 11) is 0. The van der Waals surface area contributed by atoms with Crippen molar-refractivity contribution in [3.63, 3.8) is 0 Å². The van der Waals surface area contributed by atoms with E-state index in [0.29, 0.717) is 23.7 Å². The summed E-state index contributed by atoms with van der Waals surface area (Å²) in [6, 6.07) is 10.4. The zero-order valence-electron chi connectivity index (χ0n) is 18.6. The molecule has 1 aromatic heterocycles. The van der Waals surface area contributed by atoms with E-state index >= 15 is 0 Å². The predicted molar refractivity (Wildman–Crippen MR) is 128 cm³/mol. The third kappa shape index (κ3) is 4.39. The van der Waals surface area contributed by atoms with E-state index < -0.39 is 0 Å². The number of rotatable bonds is 4. The number of carbonyl (C=O) groups is 1. The van der Waals surface area contributed by atoms with E-state index in [9.17, 15) is 9.18 Å². The van der Waals surface area contributed by atoms with Crippen molar-refractivity contribution < 1.29 is 9.18 Å². The van der Waals surface area contributed by atoms with Gasteiger partial charge in [0.1, 0.15) is 11.3 Å². The van der Waals surface area contributed by atoms with Gasteiger partial charge >= 0.3 is 0 Å². The van der Waals surface area contributed by atoms with Crippen LogP contribution in [0.4, 0.5) is 4.39 Å². The molecular weight excluding hydrogens is 441 g/mol. The maximum atomic E-state index is 14.5. The van der Waals surface area contributed by atoms with Crippen molar-refractivity contribution in [2.45, 2.75) is 44.7 Å². The Morgan fingerprint density at radius 3 is 2.85 bits per heavy atom. The Balaban J connectivity index is 1.37. The summed E-state index contributed by atoms with van der Waals surface area (Å²) in [6.07, 6.45) is 6.12. The van der Waals surface area contributed by atoms with Gasteiger partial charge < -0.3 is 10.2 Å². The molecule has 3 aromatic rings. The molecule has 2 aliphatic heterocycles. The molecule has 6 nitrogen and oxygen atoms in total. The summed E-state index contributed by atoms with van der Waals surface area (Å²) in [5.41, 5.74) is 4.41. The fraction of sp³-hybridized carbons (Fsp3) is 0.400. The number of benzene rings is 2. The summed E-state index contributed by atoms with van der Waals surface area (Å²) < 4.78 is 16.3. The molecule has 1 fully saturated rings. The van der Waals surface area contributed by atoms with E-state index in [1.165, 1.54) is 11.6 Å². The van der Waals surface area contributed by atoms with Crippen LogP contribution in [0.2, 0.25) is 5.02 Å². The molecule has 2 atom stereocenters. The van der Waals surface area contributed by atoms with Gasteiger partial charge in [-0.1, -0.05) is 41.4 Å². The van der Waals surface area contributed by atoms with Crippen LogP contribution >= 0.6 is 11.6 Å². The lowest BCUT2D eigenvalue weighted by atomic mass is 9.97. The van der Waals surface area contributed by atoms with Gasteiger partial charge in [-0.15, -0.1) is 5.10 Å². The minimum Gasteiger partial charge on any atom is -0.337 e. The second-order valence-corrected chi connectivity index (χ2v) is 9.28.